The van der Waals surface area contributed by atoms with Gasteiger partial charge in [-0.05, 0) is 30.9 Å². The van der Waals surface area contributed by atoms with E-state index in [0.29, 0.717) is 12.8 Å². The molecule has 0 radical (unpaired) electrons. The van der Waals surface area contributed by atoms with Crippen LogP contribution in [0.15, 0.2) is 23.2 Å². The van der Waals surface area contributed by atoms with E-state index in [4.69, 9.17) is 0 Å². The highest BCUT2D eigenvalue weighted by atomic mass is 32.2. The first-order valence-electron chi connectivity index (χ1n) is 6.73. The van der Waals surface area contributed by atoms with Crippen LogP contribution in [0.3, 0.4) is 0 Å². The van der Waals surface area contributed by atoms with Crippen molar-refractivity contribution in [1.29, 1.82) is 0 Å². The third kappa shape index (κ3) is 2.91. The van der Waals surface area contributed by atoms with E-state index in [1.165, 1.54) is 10.4 Å². The van der Waals surface area contributed by atoms with Crippen molar-refractivity contribution >= 4 is 10.0 Å². The van der Waals surface area contributed by atoms with Crippen LogP contribution in [0.5, 0.6) is 0 Å². The van der Waals surface area contributed by atoms with Gasteiger partial charge >= 0.3 is 6.18 Å². The maximum absolute atomic E-state index is 13.0. The predicted molar refractivity (Wildman–Crippen MR) is 71.0 cm³/mol. The number of hydrogen-bond acceptors (Lipinski definition) is 3. The highest BCUT2D eigenvalue weighted by Gasteiger charge is 2.44. The number of aromatic nitrogens is 1. The van der Waals surface area contributed by atoms with Gasteiger partial charge in [-0.15, -0.1) is 0 Å². The molecule has 0 bridgehead atoms. The van der Waals surface area contributed by atoms with Gasteiger partial charge in [-0.1, -0.05) is 13.8 Å². The van der Waals surface area contributed by atoms with E-state index in [-0.39, 0.29) is 18.5 Å². The van der Waals surface area contributed by atoms with E-state index < -0.39 is 26.8 Å². The van der Waals surface area contributed by atoms with E-state index >= 15 is 0 Å². The van der Waals surface area contributed by atoms with Crippen molar-refractivity contribution in [2.75, 3.05) is 6.54 Å². The summed E-state index contributed by atoms with van der Waals surface area (Å²) in [4.78, 5) is 2.47. The summed E-state index contributed by atoms with van der Waals surface area (Å²) in [5.41, 5.74) is -1.35. The third-order valence-electron chi connectivity index (χ3n) is 3.88. The minimum absolute atomic E-state index is 0.135. The number of rotatable bonds is 3. The van der Waals surface area contributed by atoms with E-state index in [1.54, 1.807) is 0 Å². The molecule has 21 heavy (non-hydrogen) atoms. The van der Waals surface area contributed by atoms with Crippen LogP contribution in [0.25, 0.3) is 0 Å². The smallest absolute Gasteiger partial charge is 0.250 e. The Bertz CT molecular complexity index is 616. The molecule has 0 spiro atoms. The molecule has 1 aromatic rings. The fourth-order valence-electron chi connectivity index (χ4n) is 2.82. The van der Waals surface area contributed by atoms with E-state index in [1.807, 2.05) is 13.8 Å². The lowest BCUT2D eigenvalue weighted by atomic mass is 10.0. The van der Waals surface area contributed by atoms with Crippen LogP contribution in [0.2, 0.25) is 0 Å². The molecule has 1 aliphatic heterocycles. The number of sulfonamides is 1. The Kier molecular flexibility index (Phi) is 4.30. The van der Waals surface area contributed by atoms with Crippen molar-refractivity contribution in [2.45, 2.75) is 43.8 Å². The van der Waals surface area contributed by atoms with Gasteiger partial charge in [-0.2, -0.15) is 17.5 Å². The van der Waals surface area contributed by atoms with Crippen molar-refractivity contribution in [1.82, 2.24) is 9.29 Å². The lowest BCUT2D eigenvalue weighted by molar-refractivity contribution is -0.143. The molecule has 2 heterocycles. The number of pyridine rings is 1. The number of nitrogens with zero attached hydrogens (tertiary/aromatic N) is 2. The van der Waals surface area contributed by atoms with E-state index in [9.17, 15) is 21.6 Å². The largest absolute Gasteiger partial charge is 0.434 e. The fourth-order valence-corrected chi connectivity index (χ4v) is 4.79. The van der Waals surface area contributed by atoms with Gasteiger partial charge in [0.2, 0.25) is 10.0 Å². The van der Waals surface area contributed by atoms with Crippen LogP contribution < -0.4 is 0 Å². The zero-order chi connectivity index (χ0) is 15.8. The summed E-state index contributed by atoms with van der Waals surface area (Å²) >= 11 is 0. The molecule has 1 aromatic heterocycles. The van der Waals surface area contributed by atoms with Gasteiger partial charge in [0, 0.05) is 18.8 Å². The topological polar surface area (TPSA) is 50.3 Å². The van der Waals surface area contributed by atoms with Gasteiger partial charge in [-0.25, -0.2) is 8.42 Å². The number of halogens is 3. The van der Waals surface area contributed by atoms with E-state index in [2.05, 4.69) is 4.98 Å². The summed E-state index contributed by atoms with van der Waals surface area (Å²) in [6.07, 6.45) is -2.62. The van der Waals surface area contributed by atoms with E-state index in [0.717, 1.165) is 12.3 Å². The Morgan fingerprint density at radius 2 is 2.10 bits per heavy atom. The highest BCUT2D eigenvalue weighted by molar-refractivity contribution is 7.89. The molecule has 1 aliphatic rings. The quantitative estimate of drug-likeness (QED) is 0.860. The molecule has 2 unspecified atom stereocenters. The Morgan fingerprint density at radius 1 is 1.43 bits per heavy atom. The molecule has 0 N–H and O–H groups in total. The minimum Gasteiger partial charge on any atom is -0.250 e. The average Bonchev–Trinajstić information content (AvgIpc) is 2.79. The Morgan fingerprint density at radius 3 is 2.67 bits per heavy atom. The van der Waals surface area contributed by atoms with Gasteiger partial charge in [0.25, 0.3) is 0 Å². The molecule has 8 heteroatoms. The Labute approximate surface area is 122 Å². The van der Waals surface area contributed by atoms with Crippen molar-refractivity contribution in [3.63, 3.8) is 0 Å². The van der Waals surface area contributed by atoms with Crippen LogP contribution in [0, 0.1) is 5.92 Å². The Hall–Kier alpha value is -1.15. The highest BCUT2D eigenvalue weighted by Crippen LogP contribution is 2.37. The summed E-state index contributed by atoms with van der Waals surface area (Å²) < 4.78 is 65.3. The van der Waals surface area contributed by atoms with Crippen molar-refractivity contribution in [3.05, 3.63) is 24.0 Å². The summed E-state index contributed by atoms with van der Waals surface area (Å²) in [6.45, 7) is 3.99. The first-order chi connectivity index (χ1) is 9.69. The van der Waals surface area contributed by atoms with Gasteiger partial charge in [0.15, 0.2) is 5.69 Å². The summed E-state index contributed by atoms with van der Waals surface area (Å²) in [6, 6.07) is 1.92. The second-order valence-electron chi connectivity index (χ2n) is 5.21. The molecular weight excluding hydrogens is 305 g/mol. The third-order valence-corrected chi connectivity index (χ3v) is 5.83. The summed E-state index contributed by atoms with van der Waals surface area (Å²) in [7, 11) is -4.20. The molecule has 2 atom stereocenters. The summed E-state index contributed by atoms with van der Waals surface area (Å²) in [5.74, 6) is 0.135. The second-order valence-corrected chi connectivity index (χ2v) is 7.06. The van der Waals surface area contributed by atoms with Crippen LogP contribution in [0.4, 0.5) is 13.2 Å². The lowest BCUT2D eigenvalue weighted by Gasteiger charge is -2.26. The number of alkyl halides is 3. The first-order valence-corrected chi connectivity index (χ1v) is 8.17. The molecule has 0 saturated carbocycles. The Balaban J connectivity index is 2.51. The fraction of sp³-hybridized carbons (Fsp3) is 0.615. The molecule has 0 aromatic carbocycles. The van der Waals surface area contributed by atoms with Crippen LogP contribution in [0.1, 0.15) is 32.4 Å². The monoisotopic (exact) mass is 322 g/mol. The molecule has 118 valence electrons. The van der Waals surface area contributed by atoms with Crippen molar-refractivity contribution < 1.29 is 21.6 Å². The maximum atomic E-state index is 13.0. The van der Waals surface area contributed by atoms with Crippen LogP contribution in [-0.2, 0) is 16.2 Å². The molecule has 0 amide bonds. The normalized spacial score (nSPS) is 24.4. The minimum atomic E-state index is -4.79. The molecule has 2 rings (SSSR count). The predicted octanol–water partition coefficient (Wildman–Crippen LogP) is 2.91. The van der Waals surface area contributed by atoms with Crippen molar-refractivity contribution in [2.24, 2.45) is 5.92 Å². The van der Waals surface area contributed by atoms with Gasteiger partial charge in [0.05, 0.1) is 0 Å². The average molecular weight is 322 g/mol. The SMILES string of the molecule is CCC1C(C)CCN1S(=O)(=O)c1cccnc1C(F)(F)F. The maximum Gasteiger partial charge on any atom is 0.434 e. The standard InChI is InChI=1S/C13H17F3N2O2S/c1-3-10-9(2)6-8-18(10)21(19,20)11-5-4-7-17-12(11)13(14,15)16/h4-5,7,9-10H,3,6,8H2,1-2H3. The molecule has 0 aliphatic carbocycles. The van der Waals surface area contributed by atoms with Gasteiger partial charge < -0.3 is 0 Å². The zero-order valence-electron chi connectivity index (χ0n) is 11.8. The van der Waals surface area contributed by atoms with Crippen LogP contribution >= 0.6 is 0 Å². The summed E-state index contributed by atoms with van der Waals surface area (Å²) in [5, 5.41) is 0. The second kappa shape index (κ2) is 5.57. The lowest BCUT2D eigenvalue weighted by Crippen LogP contribution is -2.38. The number of hydrogen-bond donors (Lipinski definition) is 0. The molecule has 4 nitrogen and oxygen atoms in total. The van der Waals surface area contributed by atoms with Gasteiger partial charge in [0.1, 0.15) is 4.90 Å². The first kappa shape index (κ1) is 16.2. The molecule has 1 fully saturated rings. The van der Waals surface area contributed by atoms with Gasteiger partial charge in [-0.3, -0.25) is 4.98 Å². The van der Waals surface area contributed by atoms with Crippen LogP contribution in [-0.4, -0.2) is 30.3 Å². The molecule has 1 saturated heterocycles. The molecular formula is C13H17F3N2O2S. The van der Waals surface area contributed by atoms with Crippen molar-refractivity contribution in [3.8, 4) is 0 Å². The zero-order valence-corrected chi connectivity index (χ0v) is 12.6.